The SMILES string of the molecule is CC(C)[C@H](NC(=O)O)C(=O)N1CCC(Sc2ccc(F)cc2)CC1. The van der Waals surface area contributed by atoms with Gasteiger partial charge in [-0.15, -0.1) is 11.8 Å². The summed E-state index contributed by atoms with van der Waals surface area (Å²) in [6.45, 7) is 4.88. The van der Waals surface area contributed by atoms with Crippen molar-refractivity contribution in [3.8, 4) is 0 Å². The van der Waals surface area contributed by atoms with Gasteiger partial charge >= 0.3 is 6.09 Å². The summed E-state index contributed by atoms with van der Waals surface area (Å²) in [5.41, 5.74) is 0. The molecule has 1 aromatic carbocycles. The molecule has 2 amide bonds. The van der Waals surface area contributed by atoms with Crippen molar-refractivity contribution >= 4 is 23.8 Å². The number of piperidine rings is 1. The smallest absolute Gasteiger partial charge is 0.405 e. The van der Waals surface area contributed by atoms with E-state index >= 15 is 0 Å². The molecule has 0 saturated carbocycles. The van der Waals surface area contributed by atoms with Crippen LogP contribution in [0.4, 0.5) is 9.18 Å². The van der Waals surface area contributed by atoms with Crippen molar-refractivity contribution in [2.75, 3.05) is 13.1 Å². The third kappa shape index (κ3) is 5.12. The summed E-state index contributed by atoms with van der Waals surface area (Å²) in [4.78, 5) is 26.2. The van der Waals surface area contributed by atoms with E-state index in [2.05, 4.69) is 5.32 Å². The van der Waals surface area contributed by atoms with Gasteiger partial charge in [-0.25, -0.2) is 9.18 Å². The lowest BCUT2D eigenvalue weighted by Crippen LogP contribution is -2.52. The largest absolute Gasteiger partial charge is 0.465 e. The maximum absolute atomic E-state index is 12.9. The zero-order valence-electron chi connectivity index (χ0n) is 13.9. The van der Waals surface area contributed by atoms with E-state index in [1.165, 1.54) is 12.1 Å². The highest BCUT2D eigenvalue weighted by Gasteiger charge is 2.31. The number of nitrogens with one attached hydrogen (secondary N) is 1. The average Bonchev–Trinajstić information content (AvgIpc) is 2.54. The quantitative estimate of drug-likeness (QED) is 0.852. The van der Waals surface area contributed by atoms with E-state index in [-0.39, 0.29) is 17.6 Å². The lowest BCUT2D eigenvalue weighted by molar-refractivity contribution is -0.135. The van der Waals surface area contributed by atoms with Crippen molar-refractivity contribution in [3.05, 3.63) is 30.1 Å². The second-order valence-electron chi connectivity index (χ2n) is 6.27. The van der Waals surface area contributed by atoms with Crippen molar-refractivity contribution < 1.29 is 19.1 Å². The van der Waals surface area contributed by atoms with Gasteiger partial charge in [0.05, 0.1) is 0 Å². The number of benzene rings is 1. The van der Waals surface area contributed by atoms with Crippen LogP contribution in [-0.4, -0.2) is 46.4 Å². The van der Waals surface area contributed by atoms with Crippen LogP contribution in [0.25, 0.3) is 0 Å². The fourth-order valence-electron chi connectivity index (χ4n) is 2.74. The van der Waals surface area contributed by atoms with Gasteiger partial charge < -0.3 is 15.3 Å². The lowest BCUT2D eigenvalue weighted by atomic mass is 10.0. The molecule has 1 aromatic rings. The molecule has 1 heterocycles. The fraction of sp³-hybridized carbons (Fsp3) is 0.529. The highest BCUT2D eigenvalue weighted by atomic mass is 32.2. The lowest BCUT2D eigenvalue weighted by Gasteiger charge is -2.34. The minimum atomic E-state index is -1.18. The van der Waals surface area contributed by atoms with Crippen LogP contribution < -0.4 is 5.32 Å². The number of carboxylic acid groups (broad SMARTS) is 1. The Labute approximate surface area is 145 Å². The Kier molecular flexibility index (Phi) is 6.48. The minimum absolute atomic E-state index is 0.0973. The van der Waals surface area contributed by atoms with Crippen molar-refractivity contribution in [1.82, 2.24) is 10.2 Å². The maximum Gasteiger partial charge on any atom is 0.405 e. The fourth-order valence-corrected chi connectivity index (χ4v) is 3.87. The predicted octanol–water partition coefficient (Wildman–Crippen LogP) is 3.20. The second kappa shape index (κ2) is 8.37. The number of thioether (sulfide) groups is 1. The first kappa shape index (κ1) is 18.6. The van der Waals surface area contributed by atoms with E-state index in [0.717, 1.165) is 17.7 Å². The summed E-state index contributed by atoms with van der Waals surface area (Å²) in [7, 11) is 0. The number of nitrogens with zero attached hydrogens (tertiary/aromatic N) is 1. The Morgan fingerprint density at radius 3 is 2.33 bits per heavy atom. The molecular formula is C17H23FN2O3S. The molecule has 2 rings (SSSR count). The molecule has 0 spiro atoms. The summed E-state index contributed by atoms with van der Waals surface area (Å²) in [5.74, 6) is -0.497. The van der Waals surface area contributed by atoms with Crippen molar-refractivity contribution in [2.45, 2.75) is 42.9 Å². The third-order valence-electron chi connectivity index (χ3n) is 4.08. The average molecular weight is 354 g/mol. The maximum atomic E-state index is 12.9. The molecule has 1 aliphatic rings. The highest BCUT2D eigenvalue weighted by Crippen LogP contribution is 2.30. The Bertz CT molecular complexity index is 572. The number of likely N-dealkylation sites (tertiary alicyclic amines) is 1. The molecule has 132 valence electrons. The normalized spacial score (nSPS) is 16.9. The van der Waals surface area contributed by atoms with Gasteiger partial charge in [0.2, 0.25) is 5.91 Å². The first-order valence-electron chi connectivity index (χ1n) is 8.07. The molecule has 0 bridgehead atoms. The van der Waals surface area contributed by atoms with Gasteiger partial charge in [-0.1, -0.05) is 13.8 Å². The molecular weight excluding hydrogens is 331 g/mol. The Morgan fingerprint density at radius 1 is 1.25 bits per heavy atom. The van der Waals surface area contributed by atoms with Gasteiger partial charge in [0.1, 0.15) is 11.9 Å². The molecule has 2 N–H and O–H groups in total. The van der Waals surface area contributed by atoms with Crippen molar-refractivity contribution in [1.29, 1.82) is 0 Å². The first-order valence-corrected chi connectivity index (χ1v) is 8.95. The number of rotatable bonds is 5. The number of amides is 2. The van der Waals surface area contributed by atoms with Gasteiger partial charge in [-0.3, -0.25) is 4.79 Å². The molecule has 1 atom stereocenters. The van der Waals surface area contributed by atoms with E-state index in [9.17, 15) is 14.0 Å². The Hall–Kier alpha value is -1.76. The molecule has 5 nitrogen and oxygen atoms in total. The molecule has 1 fully saturated rings. The number of carbonyl (C=O) groups excluding carboxylic acids is 1. The molecule has 1 saturated heterocycles. The highest BCUT2D eigenvalue weighted by molar-refractivity contribution is 8.00. The standard InChI is InChI=1S/C17H23FN2O3S/c1-11(2)15(19-17(22)23)16(21)20-9-7-14(8-10-20)24-13-5-3-12(18)4-6-13/h3-6,11,14-15,19H,7-10H2,1-2H3,(H,22,23)/t15-/m0/s1. The molecule has 7 heteroatoms. The Morgan fingerprint density at radius 2 is 1.83 bits per heavy atom. The van der Waals surface area contributed by atoms with Crippen molar-refractivity contribution in [3.63, 3.8) is 0 Å². The van der Waals surface area contributed by atoms with Crippen LogP contribution in [0.2, 0.25) is 0 Å². The van der Waals surface area contributed by atoms with E-state index in [1.807, 2.05) is 13.8 Å². The zero-order chi connectivity index (χ0) is 17.7. The molecule has 0 aliphatic carbocycles. The van der Waals surface area contributed by atoms with Gasteiger partial charge in [0, 0.05) is 23.2 Å². The first-order chi connectivity index (χ1) is 11.4. The predicted molar refractivity (Wildman–Crippen MR) is 91.6 cm³/mol. The van der Waals surface area contributed by atoms with Crippen LogP contribution in [0.1, 0.15) is 26.7 Å². The molecule has 0 radical (unpaired) electrons. The van der Waals surface area contributed by atoms with Gasteiger partial charge in [-0.2, -0.15) is 0 Å². The minimum Gasteiger partial charge on any atom is -0.465 e. The topological polar surface area (TPSA) is 69.6 Å². The Balaban J connectivity index is 1.87. The number of halogens is 1. The van der Waals surface area contributed by atoms with Gasteiger partial charge in [0.25, 0.3) is 0 Å². The van der Waals surface area contributed by atoms with Crippen LogP contribution in [-0.2, 0) is 4.79 Å². The van der Waals surface area contributed by atoms with Gasteiger partial charge in [-0.05, 0) is 43.0 Å². The number of hydrogen-bond acceptors (Lipinski definition) is 3. The number of hydrogen-bond donors (Lipinski definition) is 2. The van der Waals surface area contributed by atoms with Gasteiger partial charge in [0.15, 0.2) is 0 Å². The van der Waals surface area contributed by atoms with Crippen LogP contribution in [0.15, 0.2) is 29.2 Å². The van der Waals surface area contributed by atoms with Crippen molar-refractivity contribution in [2.24, 2.45) is 5.92 Å². The van der Waals surface area contributed by atoms with Crippen LogP contribution in [0.3, 0.4) is 0 Å². The second-order valence-corrected chi connectivity index (χ2v) is 7.64. The molecule has 0 unspecified atom stereocenters. The van der Waals surface area contributed by atoms with Crippen LogP contribution >= 0.6 is 11.8 Å². The summed E-state index contributed by atoms with van der Waals surface area (Å²) in [6.07, 6.45) is 0.501. The van der Waals surface area contributed by atoms with Crippen LogP contribution in [0.5, 0.6) is 0 Å². The van der Waals surface area contributed by atoms with Crippen LogP contribution in [0, 0.1) is 11.7 Å². The molecule has 0 aromatic heterocycles. The summed E-state index contributed by atoms with van der Waals surface area (Å²) < 4.78 is 12.9. The van der Waals surface area contributed by atoms with E-state index in [0.29, 0.717) is 18.3 Å². The molecule has 24 heavy (non-hydrogen) atoms. The number of carbonyl (C=O) groups is 2. The summed E-state index contributed by atoms with van der Waals surface area (Å²) in [5, 5.41) is 11.6. The zero-order valence-corrected chi connectivity index (χ0v) is 14.7. The summed E-state index contributed by atoms with van der Waals surface area (Å²) in [6, 6.07) is 5.73. The van der Waals surface area contributed by atoms with E-state index in [4.69, 9.17) is 5.11 Å². The molecule has 1 aliphatic heterocycles. The monoisotopic (exact) mass is 354 g/mol. The summed E-state index contributed by atoms with van der Waals surface area (Å²) >= 11 is 1.70. The van der Waals surface area contributed by atoms with E-state index < -0.39 is 12.1 Å². The van der Waals surface area contributed by atoms with E-state index in [1.54, 1.807) is 28.8 Å². The third-order valence-corrected chi connectivity index (χ3v) is 5.43.